The van der Waals surface area contributed by atoms with Gasteiger partial charge in [0.1, 0.15) is 5.75 Å². The molecule has 0 aliphatic heterocycles. The van der Waals surface area contributed by atoms with Gasteiger partial charge in [-0.2, -0.15) is 8.42 Å². The average Bonchev–Trinajstić information content (AvgIpc) is 2.14. The summed E-state index contributed by atoms with van der Waals surface area (Å²) in [5, 5.41) is 3.19. The van der Waals surface area contributed by atoms with Crippen LogP contribution < -0.4 is 9.50 Å². The molecular formula is C11H16FNO3S. The van der Waals surface area contributed by atoms with E-state index in [-0.39, 0.29) is 5.75 Å². The minimum atomic E-state index is -4.95. The Balaban J connectivity index is 2.60. The molecule has 0 radical (unpaired) electrons. The fourth-order valence-electron chi connectivity index (χ4n) is 1.33. The summed E-state index contributed by atoms with van der Waals surface area (Å²) in [5.74, 6) is 0.511. The maximum atomic E-state index is 12.3. The highest BCUT2D eigenvalue weighted by molar-refractivity contribution is 7.81. The van der Waals surface area contributed by atoms with Crippen molar-refractivity contribution < 1.29 is 16.5 Å². The fourth-order valence-corrected chi connectivity index (χ4v) is 1.66. The molecule has 0 heterocycles. The highest BCUT2D eigenvalue weighted by Gasteiger charge is 2.09. The van der Waals surface area contributed by atoms with Crippen LogP contribution in [0.4, 0.5) is 3.89 Å². The maximum Gasteiger partial charge on any atom is 0.488 e. The standard InChI is InChI=1S/C11H16FNO3S/c1-9(2)7-13-8-10-4-3-5-11(6-10)16-17(12,14)15/h3-6,9,13H,7-8H2,1-2H3. The molecule has 1 aromatic rings. The Hall–Kier alpha value is -1.14. The van der Waals surface area contributed by atoms with Gasteiger partial charge in [0, 0.05) is 6.54 Å². The van der Waals surface area contributed by atoms with E-state index in [9.17, 15) is 12.3 Å². The van der Waals surface area contributed by atoms with Crippen molar-refractivity contribution in [3.63, 3.8) is 0 Å². The molecule has 0 saturated carbocycles. The molecule has 0 aliphatic carbocycles. The van der Waals surface area contributed by atoms with E-state index in [1.807, 2.05) is 6.07 Å². The minimum Gasteiger partial charge on any atom is -0.358 e. The Labute approximate surface area is 101 Å². The molecule has 0 aromatic heterocycles. The van der Waals surface area contributed by atoms with Gasteiger partial charge in [0.2, 0.25) is 0 Å². The van der Waals surface area contributed by atoms with Crippen LogP contribution in [0.1, 0.15) is 19.4 Å². The van der Waals surface area contributed by atoms with Crippen LogP contribution in [-0.2, 0) is 17.0 Å². The molecule has 1 N–H and O–H groups in total. The van der Waals surface area contributed by atoms with Gasteiger partial charge >= 0.3 is 10.5 Å². The van der Waals surface area contributed by atoms with Crippen LogP contribution >= 0.6 is 0 Å². The minimum absolute atomic E-state index is 0.0173. The molecule has 0 saturated heterocycles. The first-order chi connectivity index (χ1) is 7.87. The Kier molecular flexibility index (Phi) is 4.89. The summed E-state index contributed by atoms with van der Waals surface area (Å²) in [5.41, 5.74) is 0.840. The van der Waals surface area contributed by atoms with E-state index in [4.69, 9.17) is 0 Å². The number of hydrogen-bond acceptors (Lipinski definition) is 4. The lowest BCUT2D eigenvalue weighted by molar-refractivity contribution is 0.440. The molecule has 4 nitrogen and oxygen atoms in total. The van der Waals surface area contributed by atoms with Gasteiger partial charge in [0.05, 0.1) is 0 Å². The smallest absolute Gasteiger partial charge is 0.358 e. The lowest BCUT2D eigenvalue weighted by Gasteiger charge is -2.08. The number of benzene rings is 1. The second kappa shape index (κ2) is 5.97. The molecule has 0 bridgehead atoms. The lowest BCUT2D eigenvalue weighted by Crippen LogP contribution is -2.18. The van der Waals surface area contributed by atoms with E-state index in [2.05, 4.69) is 23.3 Å². The molecular weight excluding hydrogens is 245 g/mol. The Morgan fingerprint density at radius 1 is 1.41 bits per heavy atom. The van der Waals surface area contributed by atoms with Gasteiger partial charge in [0.25, 0.3) is 0 Å². The summed E-state index contributed by atoms with van der Waals surface area (Å²) >= 11 is 0. The van der Waals surface area contributed by atoms with E-state index in [0.717, 1.165) is 12.1 Å². The summed E-state index contributed by atoms with van der Waals surface area (Å²) in [6.07, 6.45) is 0. The third kappa shape index (κ3) is 6.23. The number of hydrogen-bond donors (Lipinski definition) is 1. The quantitative estimate of drug-likeness (QED) is 0.796. The average molecular weight is 261 g/mol. The van der Waals surface area contributed by atoms with Crippen molar-refractivity contribution in [2.45, 2.75) is 20.4 Å². The third-order valence-corrected chi connectivity index (χ3v) is 2.37. The fraction of sp³-hybridized carbons (Fsp3) is 0.455. The third-order valence-electron chi connectivity index (χ3n) is 1.98. The molecule has 17 heavy (non-hydrogen) atoms. The summed E-state index contributed by atoms with van der Waals surface area (Å²) < 4.78 is 37.1. The van der Waals surface area contributed by atoms with Crippen LogP contribution in [0.5, 0.6) is 5.75 Å². The van der Waals surface area contributed by atoms with Crippen LogP contribution in [0.25, 0.3) is 0 Å². The normalized spacial score (nSPS) is 11.8. The van der Waals surface area contributed by atoms with Crippen molar-refractivity contribution in [2.24, 2.45) is 5.92 Å². The number of halogens is 1. The molecule has 1 rings (SSSR count). The highest BCUT2D eigenvalue weighted by atomic mass is 32.3. The zero-order chi connectivity index (χ0) is 12.9. The van der Waals surface area contributed by atoms with E-state index in [1.165, 1.54) is 12.1 Å². The van der Waals surface area contributed by atoms with Gasteiger partial charge in [-0.05, 0) is 30.2 Å². The number of nitrogens with one attached hydrogen (secondary N) is 1. The van der Waals surface area contributed by atoms with E-state index in [0.29, 0.717) is 12.5 Å². The van der Waals surface area contributed by atoms with Crippen molar-refractivity contribution in [3.05, 3.63) is 29.8 Å². The van der Waals surface area contributed by atoms with E-state index >= 15 is 0 Å². The summed E-state index contributed by atoms with van der Waals surface area (Å²) in [6, 6.07) is 6.31. The molecule has 0 unspecified atom stereocenters. The molecule has 0 spiro atoms. The molecule has 0 fully saturated rings. The second-order valence-electron chi connectivity index (χ2n) is 4.15. The maximum absolute atomic E-state index is 12.3. The van der Waals surface area contributed by atoms with Crippen LogP contribution in [0, 0.1) is 5.92 Å². The van der Waals surface area contributed by atoms with Crippen LogP contribution in [0.15, 0.2) is 24.3 Å². The Morgan fingerprint density at radius 3 is 2.71 bits per heavy atom. The predicted octanol–water partition coefficient (Wildman–Crippen LogP) is 2.03. The van der Waals surface area contributed by atoms with Crippen molar-refractivity contribution in [3.8, 4) is 5.75 Å². The Bertz CT molecular complexity index is 460. The predicted molar refractivity (Wildman–Crippen MR) is 63.6 cm³/mol. The van der Waals surface area contributed by atoms with Gasteiger partial charge in [0.15, 0.2) is 0 Å². The topological polar surface area (TPSA) is 55.4 Å². The number of rotatable bonds is 6. The molecule has 1 aromatic carbocycles. The molecule has 0 amide bonds. The van der Waals surface area contributed by atoms with E-state index < -0.39 is 10.5 Å². The van der Waals surface area contributed by atoms with Gasteiger partial charge in [-0.15, -0.1) is 0 Å². The first kappa shape index (κ1) is 13.9. The van der Waals surface area contributed by atoms with E-state index in [1.54, 1.807) is 6.07 Å². The molecule has 6 heteroatoms. The molecule has 0 atom stereocenters. The largest absolute Gasteiger partial charge is 0.488 e. The zero-order valence-corrected chi connectivity index (χ0v) is 10.6. The Morgan fingerprint density at radius 2 is 2.12 bits per heavy atom. The molecule has 96 valence electrons. The van der Waals surface area contributed by atoms with Crippen LogP contribution in [-0.4, -0.2) is 15.0 Å². The van der Waals surface area contributed by atoms with Crippen molar-refractivity contribution in [2.75, 3.05) is 6.54 Å². The lowest BCUT2D eigenvalue weighted by atomic mass is 10.2. The van der Waals surface area contributed by atoms with Gasteiger partial charge < -0.3 is 9.50 Å². The zero-order valence-electron chi connectivity index (χ0n) is 9.81. The van der Waals surface area contributed by atoms with Crippen molar-refractivity contribution in [1.82, 2.24) is 5.32 Å². The van der Waals surface area contributed by atoms with Crippen LogP contribution in [0.2, 0.25) is 0 Å². The molecule has 0 aliphatic rings. The summed E-state index contributed by atoms with van der Waals surface area (Å²) in [7, 11) is -4.95. The first-order valence-electron chi connectivity index (χ1n) is 5.30. The summed E-state index contributed by atoms with van der Waals surface area (Å²) in [4.78, 5) is 0. The SMILES string of the molecule is CC(C)CNCc1cccc(OS(=O)(=O)F)c1. The van der Waals surface area contributed by atoms with Gasteiger partial charge in [-0.1, -0.05) is 29.9 Å². The monoisotopic (exact) mass is 261 g/mol. The first-order valence-corrected chi connectivity index (χ1v) is 6.61. The van der Waals surface area contributed by atoms with Crippen LogP contribution in [0.3, 0.4) is 0 Å². The highest BCUT2D eigenvalue weighted by Crippen LogP contribution is 2.15. The van der Waals surface area contributed by atoms with Gasteiger partial charge in [-0.25, -0.2) is 0 Å². The summed E-state index contributed by atoms with van der Waals surface area (Å²) in [6.45, 7) is 5.61. The van der Waals surface area contributed by atoms with Gasteiger partial charge in [-0.3, -0.25) is 0 Å². The van der Waals surface area contributed by atoms with Crippen molar-refractivity contribution >= 4 is 10.5 Å². The second-order valence-corrected chi connectivity index (χ2v) is 5.10. The van der Waals surface area contributed by atoms with Crippen molar-refractivity contribution in [1.29, 1.82) is 0 Å².